The van der Waals surface area contributed by atoms with E-state index in [1.54, 1.807) is 0 Å². The van der Waals surface area contributed by atoms with Gasteiger partial charge in [0.05, 0.1) is 27.7 Å². The summed E-state index contributed by atoms with van der Waals surface area (Å²) in [6.07, 6.45) is 25.5. The van der Waals surface area contributed by atoms with E-state index in [0.29, 0.717) is 17.4 Å². The van der Waals surface area contributed by atoms with Crippen molar-refractivity contribution in [2.75, 3.05) is 47.5 Å². The van der Waals surface area contributed by atoms with Crippen molar-refractivity contribution in [2.24, 2.45) is 0 Å². The predicted octanol–water partition coefficient (Wildman–Crippen LogP) is 9.07. The largest absolute Gasteiger partial charge is 0.472 e. The third-order valence-corrected chi connectivity index (χ3v) is 8.53. The summed E-state index contributed by atoms with van der Waals surface area (Å²) in [4.78, 5) is 35.0. The minimum absolute atomic E-state index is 0.0313. The molecule has 0 aromatic heterocycles. The second-order valence-electron chi connectivity index (χ2n) is 13.3. The van der Waals surface area contributed by atoms with Gasteiger partial charge >= 0.3 is 19.8 Å². The van der Waals surface area contributed by atoms with E-state index in [-0.39, 0.29) is 32.0 Å². The zero-order chi connectivity index (χ0) is 33.7. The molecule has 10 heteroatoms. The summed E-state index contributed by atoms with van der Waals surface area (Å²) in [7, 11) is 1.47. The molecule has 0 amide bonds. The topological polar surface area (TPSA) is 108 Å². The minimum Gasteiger partial charge on any atom is -0.462 e. The third kappa shape index (κ3) is 32.5. The standard InChI is InChI=1S/C35H68NO8P/c1-6-8-10-12-14-16-17-18-19-20-22-24-26-28-35(38)44-33(32-43-45(39,40)42-30-29-36(3,4)5)31-41-34(37)27-25-23-21-15-13-11-9-7-2/h18-19,33H,6-17,20-32H2,1-5H3/p+1/b19-18+/t33-/m1/s1. The third-order valence-electron chi connectivity index (χ3n) is 7.55. The molecule has 266 valence electrons. The highest BCUT2D eigenvalue weighted by Gasteiger charge is 2.27. The first-order valence-electron chi connectivity index (χ1n) is 17.9. The van der Waals surface area contributed by atoms with E-state index in [1.165, 1.54) is 70.6 Å². The van der Waals surface area contributed by atoms with Crippen LogP contribution < -0.4 is 0 Å². The van der Waals surface area contributed by atoms with Crippen molar-refractivity contribution in [3.05, 3.63) is 12.2 Å². The summed E-state index contributed by atoms with van der Waals surface area (Å²) in [5.74, 6) is -0.821. The molecule has 0 aliphatic rings. The Morgan fingerprint density at radius 2 is 1.13 bits per heavy atom. The molecule has 0 fully saturated rings. The number of carbonyl (C=O) groups excluding carboxylic acids is 2. The summed E-state index contributed by atoms with van der Waals surface area (Å²) >= 11 is 0. The van der Waals surface area contributed by atoms with Crippen LogP contribution in [0.5, 0.6) is 0 Å². The molecule has 2 atom stereocenters. The molecule has 1 unspecified atom stereocenters. The van der Waals surface area contributed by atoms with Gasteiger partial charge in [-0.2, -0.15) is 0 Å². The highest BCUT2D eigenvalue weighted by molar-refractivity contribution is 7.47. The van der Waals surface area contributed by atoms with Gasteiger partial charge < -0.3 is 18.9 Å². The molecule has 1 N–H and O–H groups in total. The van der Waals surface area contributed by atoms with E-state index in [0.717, 1.165) is 44.9 Å². The lowest BCUT2D eigenvalue weighted by atomic mass is 10.1. The monoisotopic (exact) mass is 662 g/mol. The van der Waals surface area contributed by atoms with Crippen molar-refractivity contribution in [1.82, 2.24) is 0 Å². The molecule has 0 bridgehead atoms. The van der Waals surface area contributed by atoms with E-state index in [1.807, 2.05) is 21.1 Å². The van der Waals surface area contributed by atoms with Crippen molar-refractivity contribution in [3.63, 3.8) is 0 Å². The lowest BCUT2D eigenvalue weighted by molar-refractivity contribution is -0.870. The Morgan fingerprint density at radius 1 is 0.667 bits per heavy atom. The maximum Gasteiger partial charge on any atom is 0.472 e. The molecule has 9 nitrogen and oxygen atoms in total. The summed E-state index contributed by atoms with van der Waals surface area (Å²) in [6, 6.07) is 0. The lowest BCUT2D eigenvalue weighted by Gasteiger charge is -2.24. The number of quaternary nitrogens is 1. The van der Waals surface area contributed by atoms with Gasteiger partial charge in [0, 0.05) is 12.8 Å². The number of allylic oxidation sites excluding steroid dienone is 2. The van der Waals surface area contributed by atoms with E-state index in [9.17, 15) is 19.0 Å². The van der Waals surface area contributed by atoms with E-state index in [2.05, 4.69) is 26.0 Å². The van der Waals surface area contributed by atoms with Gasteiger partial charge in [-0.3, -0.25) is 18.6 Å². The van der Waals surface area contributed by atoms with Crippen molar-refractivity contribution < 1.29 is 42.1 Å². The summed E-state index contributed by atoms with van der Waals surface area (Å²) in [6.45, 7) is 4.34. The van der Waals surface area contributed by atoms with Crippen LogP contribution in [0.2, 0.25) is 0 Å². The fraction of sp³-hybridized carbons (Fsp3) is 0.886. The number of hydrogen-bond donors (Lipinski definition) is 1. The second-order valence-corrected chi connectivity index (χ2v) is 14.7. The van der Waals surface area contributed by atoms with Crippen LogP contribution in [0.4, 0.5) is 0 Å². The van der Waals surface area contributed by atoms with Crippen LogP contribution in [0.3, 0.4) is 0 Å². The first-order valence-corrected chi connectivity index (χ1v) is 19.4. The number of phosphoric ester groups is 1. The van der Waals surface area contributed by atoms with Crippen LogP contribution in [-0.2, 0) is 32.7 Å². The Balaban J connectivity index is 4.49. The normalized spacial score (nSPS) is 14.0. The van der Waals surface area contributed by atoms with E-state index < -0.39 is 26.5 Å². The minimum atomic E-state index is -4.36. The smallest absolute Gasteiger partial charge is 0.462 e. The van der Waals surface area contributed by atoms with Gasteiger partial charge in [-0.05, 0) is 38.5 Å². The molecule has 0 heterocycles. The van der Waals surface area contributed by atoms with Gasteiger partial charge in [0.1, 0.15) is 19.8 Å². The van der Waals surface area contributed by atoms with E-state index >= 15 is 0 Å². The van der Waals surface area contributed by atoms with Crippen molar-refractivity contribution >= 4 is 19.8 Å². The highest BCUT2D eigenvalue weighted by atomic mass is 31.2. The van der Waals surface area contributed by atoms with Crippen LogP contribution in [0, 0.1) is 0 Å². The summed E-state index contributed by atoms with van der Waals surface area (Å²) in [5.41, 5.74) is 0. The average molecular weight is 663 g/mol. The Morgan fingerprint density at radius 3 is 1.67 bits per heavy atom. The fourth-order valence-corrected chi connectivity index (χ4v) is 5.39. The molecule has 0 spiro atoms. The number of carbonyl (C=O) groups is 2. The van der Waals surface area contributed by atoms with Gasteiger partial charge in [0.2, 0.25) is 0 Å². The number of esters is 2. The van der Waals surface area contributed by atoms with Crippen molar-refractivity contribution in [1.29, 1.82) is 0 Å². The molecule has 45 heavy (non-hydrogen) atoms. The quantitative estimate of drug-likeness (QED) is 0.0250. The Hall–Kier alpha value is -1.25. The van der Waals surface area contributed by atoms with Crippen LogP contribution in [0.1, 0.15) is 149 Å². The molecule has 0 saturated heterocycles. The van der Waals surface area contributed by atoms with Crippen LogP contribution >= 0.6 is 7.82 Å². The molecule has 0 aromatic carbocycles. The molecule has 0 aromatic rings. The maximum atomic E-state index is 12.5. The zero-order valence-electron chi connectivity index (χ0n) is 29.6. The fourth-order valence-electron chi connectivity index (χ4n) is 4.65. The molecular weight excluding hydrogens is 593 g/mol. The maximum absolute atomic E-state index is 12.5. The summed E-state index contributed by atoms with van der Waals surface area (Å²) < 4.78 is 34.0. The number of nitrogens with zero attached hydrogens (tertiary/aromatic N) is 1. The SMILES string of the molecule is CCCCCCCC/C=C/CCCCCC(=O)O[C@H](COC(=O)CCCCCCCCCC)COP(=O)(O)OCC[N+](C)(C)C. The van der Waals surface area contributed by atoms with Gasteiger partial charge in [-0.15, -0.1) is 0 Å². The predicted molar refractivity (Wildman–Crippen MR) is 183 cm³/mol. The second kappa shape index (κ2) is 28.9. The number of ether oxygens (including phenoxy) is 2. The highest BCUT2D eigenvalue weighted by Crippen LogP contribution is 2.43. The molecule has 0 rings (SSSR count). The Kier molecular flexibility index (Phi) is 28.1. The average Bonchev–Trinajstić information content (AvgIpc) is 2.97. The van der Waals surface area contributed by atoms with Crippen LogP contribution in [0.15, 0.2) is 12.2 Å². The Labute approximate surface area is 276 Å². The first-order chi connectivity index (χ1) is 21.5. The summed E-state index contributed by atoms with van der Waals surface area (Å²) in [5, 5.41) is 0. The number of phosphoric acid groups is 1. The van der Waals surface area contributed by atoms with Crippen LogP contribution in [0.25, 0.3) is 0 Å². The van der Waals surface area contributed by atoms with Gasteiger partial charge in [-0.25, -0.2) is 4.57 Å². The van der Waals surface area contributed by atoms with Crippen LogP contribution in [-0.4, -0.2) is 74.9 Å². The molecule has 0 aliphatic heterocycles. The molecule has 0 aliphatic carbocycles. The van der Waals surface area contributed by atoms with Gasteiger partial charge in [-0.1, -0.05) is 109 Å². The van der Waals surface area contributed by atoms with Crippen molar-refractivity contribution in [3.8, 4) is 0 Å². The first kappa shape index (κ1) is 43.8. The zero-order valence-corrected chi connectivity index (χ0v) is 30.5. The van der Waals surface area contributed by atoms with E-state index in [4.69, 9.17) is 18.5 Å². The number of rotatable bonds is 32. The lowest BCUT2D eigenvalue weighted by Crippen LogP contribution is -2.37. The number of likely N-dealkylation sites (N-methyl/N-ethyl adjacent to an activating group) is 1. The van der Waals surface area contributed by atoms with Crippen molar-refractivity contribution in [2.45, 2.75) is 155 Å². The molecule has 0 saturated carbocycles. The molecule has 0 radical (unpaired) electrons. The molecular formula is C35H69NO8P+. The Bertz CT molecular complexity index is 799. The number of unbranched alkanes of at least 4 members (excludes halogenated alkanes) is 16. The van der Waals surface area contributed by atoms with Gasteiger partial charge in [0.25, 0.3) is 0 Å². The van der Waals surface area contributed by atoms with Gasteiger partial charge in [0.15, 0.2) is 6.10 Å². The number of hydrogen-bond acceptors (Lipinski definition) is 7.